The molecule has 0 spiro atoms. The van der Waals surface area contributed by atoms with Gasteiger partial charge in [0.1, 0.15) is 11.4 Å². The average molecular weight is 180 g/mol. The van der Waals surface area contributed by atoms with Crippen molar-refractivity contribution in [3.8, 4) is 0 Å². The molecule has 1 aliphatic heterocycles. The minimum atomic E-state index is -0.00292. The maximum atomic E-state index is 11.7. The lowest BCUT2D eigenvalue weighted by Crippen LogP contribution is -2.42. The van der Waals surface area contributed by atoms with Crippen molar-refractivity contribution in [3.05, 3.63) is 11.8 Å². The average Bonchev–Trinajstić information content (AvgIpc) is 2.29. The Labute approximate surface area is 76.1 Å². The van der Waals surface area contributed by atoms with Gasteiger partial charge in [-0.15, -0.1) is 0 Å². The highest BCUT2D eigenvalue weighted by Gasteiger charge is 2.24. The molecule has 1 saturated heterocycles. The lowest BCUT2D eigenvalue weighted by Gasteiger charge is -2.30. The van der Waals surface area contributed by atoms with Crippen LogP contribution in [0.5, 0.6) is 0 Å². The molecule has 1 aromatic rings. The number of amides is 1. The summed E-state index contributed by atoms with van der Waals surface area (Å²) in [5.74, 6) is 0.439. The topological polar surface area (TPSA) is 64.2 Å². The monoisotopic (exact) mass is 180 g/mol. The number of carbonyl (C=O) groups is 1. The van der Waals surface area contributed by atoms with E-state index < -0.39 is 0 Å². The van der Waals surface area contributed by atoms with Crippen molar-refractivity contribution >= 4 is 11.7 Å². The van der Waals surface area contributed by atoms with Crippen LogP contribution in [0.3, 0.4) is 0 Å². The highest BCUT2D eigenvalue weighted by atomic mass is 16.2. The summed E-state index contributed by atoms with van der Waals surface area (Å²) in [7, 11) is 1.72. The quantitative estimate of drug-likeness (QED) is 0.653. The molecular weight excluding hydrogens is 168 g/mol. The maximum Gasteiger partial charge on any atom is 0.259 e. The van der Waals surface area contributed by atoms with E-state index in [1.54, 1.807) is 11.9 Å². The van der Waals surface area contributed by atoms with Crippen molar-refractivity contribution < 1.29 is 4.79 Å². The van der Waals surface area contributed by atoms with Crippen molar-refractivity contribution in [2.75, 3.05) is 18.8 Å². The smallest absolute Gasteiger partial charge is 0.259 e. The highest BCUT2D eigenvalue weighted by Crippen LogP contribution is 2.16. The first kappa shape index (κ1) is 8.10. The molecule has 2 heterocycles. The van der Waals surface area contributed by atoms with E-state index in [0.29, 0.717) is 11.4 Å². The molecule has 13 heavy (non-hydrogen) atoms. The molecule has 0 atom stereocenters. The van der Waals surface area contributed by atoms with Crippen LogP contribution >= 0.6 is 0 Å². The van der Waals surface area contributed by atoms with Gasteiger partial charge in [0, 0.05) is 20.1 Å². The van der Waals surface area contributed by atoms with Gasteiger partial charge >= 0.3 is 0 Å². The molecule has 0 aliphatic carbocycles. The van der Waals surface area contributed by atoms with E-state index in [0.717, 1.165) is 19.5 Å². The van der Waals surface area contributed by atoms with E-state index in [1.165, 1.54) is 10.9 Å². The molecule has 0 aromatic carbocycles. The van der Waals surface area contributed by atoms with Crippen molar-refractivity contribution in [2.24, 2.45) is 7.05 Å². The molecule has 0 unspecified atom stereocenters. The summed E-state index contributed by atoms with van der Waals surface area (Å²) < 4.78 is 1.51. The molecule has 5 heteroatoms. The van der Waals surface area contributed by atoms with Gasteiger partial charge in [-0.1, -0.05) is 0 Å². The molecule has 2 rings (SSSR count). The summed E-state index contributed by atoms with van der Waals surface area (Å²) in [5.41, 5.74) is 6.19. The maximum absolute atomic E-state index is 11.7. The normalized spacial score (nSPS) is 15.6. The fourth-order valence-corrected chi connectivity index (χ4v) is 1.30. The summed E-state index contributed by atoms with van der Waals surface area (Å²) >= 11 is 0. The zero-order valence-corrected chi connectivity index (χ0v) is 7.53. The molecule has 5 nitrogen and oxygen atoms in total. The van der Waals surface area contributed by atoms with Crippen LogP contribution in [0.25, 0.3) is 0 Å². The first-order chi connectivity index (χ1) is 6.20. The fourth-order valence-electron chi connectivity index (χ4n) is 1.30. The summed E-state index contributed by atoms with van der Waals surface area (Å²) in [6, 6.07) is 0. The highest BCUT2D eigenvalue weighted by molar-refractivity contribution is 5.98. The number of anilines is 1. The van der Waals surface area contributed by atoms with Gasteiger partial charge in [-0.3, -0.25) is 9.48 Å². The molecule has 2 N–H and O–H groups in total. The second-order valence-corrected chi connectivity index (χ2v) is 3.21. The first-order valence-corrected chi connectivity index (χ1v) is 4.27. The van der Waals surface area contributed by atoms with Crippen LogP contribution in [-0.4, -0.2) is 33.7 Å². The summed E-state index contributed by atoms with van der Waals surface area (Å²) in [4.78, 5) is 13.4. The third kappa shape index (κ3) is 1.16. The van der Waals surface area contributed by atoms with Gasteiger partial charge in [0.15, 0.2) is 0 Å². The minimum Gasteiger partial charge on any atom is -0.383 e. The molecule has 70 valence electrons. The SMILES string of the molecule is Cn1ncc(C(=O)N2CCC2)c1N. The summed E-state index contributed by atoms with van der Waals surface area (Å²) in [6.45, 7) is 1.68. The van der Waals surface area contributed by atoms with Crippen LogP contribution in [0.4, 0.5) is 5.82 Å². The molecule has 0 saturated carbocycles. The van der Waals surface area contributed by atoms with Crippen LogP contribution in [0.2, 0.25) is 0 Å². The number of rotatable bonds is 1. The number of carbonyl (C=O) groups excluding carboxylic acids is 1. The third-order valence-electron chi connectivity index (χ3n) is 2.36. The Balaban J connectivity index is 2.24. The molecule has 0 radical (unpaired) electrons. The Morgan fingerprint density at radius 3 is 2.69 bits per heavy atom. The minimum absolute atomic E-state index is 0.00292. The van der Waals surface area contributed by atoms with Gasteiger partial charge in [0.2, 0.25) is 0 Å². The number of nitrogens with two attached hydrogens (primary N) is 1. The zero-order chi connectivity index (χ0) is 9.42. The lowest BCUT2D eigenvalue weighted by atomic mass is 10.2. The number of aryl methyl sites for hydroxylation is 1. The van der Waals surface area contributed by atoms with Crippen LogP contribution in [0.15, 0.2) is 6.20 Å². The predicted molar refractivity (Wildman–Crippen MR) is 48.1 cm³/mol. The van der Waals surface area contributed by atoms with Gasteiger partial charge in [-0.2, -0.15) is 5.10 Å². The number of hydrogen-bond acceptors (Lipinski definition) is 3. The van der Waals surface area contributed by atoms with Crippen LogP contribution in [0.1, 0.15) is 16.8 Å². The summed E-state index contributed by atoms with van der Waals surface area (Å²) in [6.07, 6.45) is 2.61. The molecule has 1 amide bonds. The largest absolute Gasteiger partial charge is 0.383 e. The Kier molecular flexibility index (Phi) is 1.72. The van der Waals surface area contributed by atoms with E-state index in [4.69, 9.17) is 5.73 Å². The van der Waals surface area contributed by atoms with E-state index in [2.05, 4.69) is 5.10 Å². The molecule has 1 aromatic heterocycles. The Hall–Kier alpha value is -1.52. The second-order valence-electron chi connectivity index (χ2n) is 3.21. The van der Waals surface area contributed by atoms with Crippen molar-refractivity contribution in [2.45, 2.75) is 6.42 Å². The number of nitrogens with zero attached hydrogens (tertiary/aromatic N) is 3. The van der Waals surface area contributed by atoms with Gasteiger partial charge in [-0.25, -0.2) is 0 Å². The van der Waals surface area contributed by atoms with E-state index >= 15 is 0 Å². The van der Waals surface area contributed by atoms with Crippen LogP contribution in [0, 0.1) is 0 Å². The van der Waals surface area contributed by atoms with Gasteiger partial charge in [-0.05, 0) is 6.42 Å². The Bertz CT molecular complexity index is 340. The summed E-state index contributed by atoms with van der Waals surface area (Å²) in [5, 5.41) is 3.92. The van der Waals surface area contributed by atoms with Crippen molar-refractivity contribution in [3.63, 3.8) is 0 Å². The van der Waals surface area contributed by atoms with Crippen LogP contribution in [-0.2, 0) is 7.05 Å². The standard InChI is InChI=1S/C8H12N4O/c1-11-7(9)6(5-10-11)8(13)12-3-2-4-12/h5H,2-4,9H2,1H3. The van der Waals surface area contributed by atoms with E-state index in [-0.39, 0.29) is 5.91 Å². The number of hydrogen-bond donors (Lipinski definition) is 1. The number of likely N-dealkylation sites (tertiary alicyclic amines) is 1. The van der Waals surface area contributed by atoms with E-state index in [1.807, 2.05) is 0 Å². The predicted octanol–water partition coefficient (Wildman–Crippen LogP) is -0.152. The molecule has 1 fully saturated rings. The van der Waals surface area contributed by atoms with E-state index in [9.17, 15) is 4.79 Å². The number of nitrogen functional groups attached to an aromatic ring is 1. The van der Waals surface area contributed by atoms with Gasteiger partial charge < -0.3 is 10.6 Å². The van der Waals surface area contributed by atoms with Crippen molar-refractivity contribution in [1.82, 2.24) is 14.7 Å². The Morgan fingerprint density at radius 2 is 2.31 bits per heavy atom. The van der Waals surface area contributed by atoms with Crippen LogP contribution < -0.4 is 5.73 Å². The van der Waals surface area contributed by atoms with Crippen molar-refractivity contribution in [1.29, 1.82) is 0 Å². The van der Waals surface area contributed by atoms with Gasteiger partial charge in [0.05, 0.1) is 6.20 Å². The molecule has 1 aliphatic rings. The molecular formula is C8H12N4O. The molecule has 0 bridgehead atoms. The van der Waals surface area contributed by atoms with Gasteiger partial charge in [0.25, 0.3) is 5.91 Å². The first-order valence-electron chi connectivity index (χ1n) is 4.27. The second kappa shape index (κ2) is 2.76. The number of aromatic nitrogens is 2. The Morgan fingerprint density at radius 1 is 1.62 bits per heavy atom. The third-order valence-corrected chi connectivity index (χ3v) is 2.36. The zero-order valence-electron chi connectivity index (χ0n) is 7.53. The fraction of sp³-hybridized carbons (Fsp3) is 0.500. The lowest BCUT2D eigenvalue weighted by molar-refractivity contribution is 0.0653.